The average molecular weight is 231 g/mol. The first-order chi connectivity index (χ1) is 8.20. The first kappa shape index (κ1) is 11.2. The highest BCUT2D eigenvalue weighted by molar-refractivity contribution is 5.41. The molecule has 2 saturated carbocycles. The van der Waals surface area contributed by atoms with E-state index in [9.17, 15) is 5.11 Å². The molecule has 0 heterocycles. The second-order valence-corrected chi connectivity index (χ2v) is 5.77. The zero-order valence-corrected chi connectivity index (χ0v) is 10.3. The van der Waals surface area contributed by atoms with E-state index >= 15 is 0 Å². The third kappa shape index (κ3) is 1.71. The maximum absolute atomic E-state index is 10.4. The van der Waals surface area contributed by atoms with E-state index in [1.165, 1.54) is 31.2 Å². The normalized spacial score (nSPS) is 24.8. The number of benzene rings is 1. The van der Waals surface area contributed by atoms with E-state index < -0.39 is 5.60 Å². The Bertz CT molecular complexity index is 417. The zero-order chi connectivity index (χ0) is 11.9. The van der Waals surface area contributed by atoms with Crippen LogP contribution in [-0.2, 0) is 11.0 Å². The van der Waals surface area contributed by atoms with Gasteiger partial charge in [-0.3, -0.25) is 0 Å². The molecule has 0 aliphatic heterocycles. The van der Waals surface area contributed by atoms with Crippen LogP contribution in [0.2, 0.25) is 0 Å². The largest absolute Gasteiger partial charge is 0.385 e. The Morgan fingerprint density at radius 2 is 1.59 bits per heavy atom. The van der Waals surface area contributed by atoms with Crippen LogP contribution in [0.5, 0.6) is 0 Å². The number of rotatable bonds is 3. The van der Waals surface area contributed by atoms with E-state index in [-0.39, 0.29) is 5.41 Å². The van der Waals surface area contributed by atoms with Crippen molar-refractivity contribution in [2.45, 2.75) is 49.5 Å². The van der Waals surface area contributed by atoms with Crippen molar-refractivity contribution in [1.82, 2.24) is 0 Å². The molecule has 2 aliphatic rings. The van der Waals surface area contributed by atoms with Crippen molar-refractivity contribution in [2.24, 2.45) is 5.73 Å². The van der Waals surface area contributed by atoms with Crippen LogP contribution in [0.15, 0.2) is 24.3 Å². The predicted molar refractivity (Wildman–Crippen MR) is 68.8 cm³/mol. The van der Waals surface area contributed by atoms with Crippen molar-refractivity contribution in [3.8, 4) is 0 Å². The molecular formula is C15H21NO. The van der Waals surface area contributed by atoms with Crippen LogP contribution in [-0.4, -0.2) is 11.7 Å². The Morgan fingerprint density at radius 3 is 2.12 bits per heavy atom. The van der Waals surface area contributed by atoms with Crippen LogP contribution in [0.3, 0.4) is 0 Å². The molecule has 0 saturated heterocycles. The molecule has 0 radical (unpaired) electrons. The van der Waals surface area contributed by atoms with Crippen molar-refractivity contribution in [2.75, 3.05) is 6.54 Å². The SMILES string of the molecule is NCC1(c2ccccc2C2(O)CC2)CCCC1. The summed E-state index contributed by atoms with van der Waals surface area (Å²) in [6, 6.07) is 8.40. The summed E-state index contributed by atoms with van der Waals surface area (Å²) in [5, 5.41) is 10.4. The third-order valence-electron chi connectivity index (χ3n) is 4.67. The van der Waals surface area contributed by atoms with Crippen LogP contribution < -0.4 is 5.73 Å². The van der Waals surface area contributed by atoms with Gasteiger partial charge in [0.2, 0.25) is 0 Å². The molecule has 2 heteroatoms. The van der Waals surface area contributed by atoms with Gasteiger partial charge in [-0.25, -0.2) is 0 Å². The summed E-state index contributed by atoms with van der Waals surface area (Å²) < 4.78 is 0. The summed E-state index contributed by atoms with van der Waals surface area (Å²) in [6.07, 6.45) is 6.70. The Balaban J connectivity index is 2.07. The predicted octanol–water partition coefficient (Wildman–Crippen LogP) is 2.44. The minimum atomic E-state index is -0.540. The second kappa shape index (κ2) is 3.82. The minimum absolute atomic E-state index is 0.134. The maximum Gasteiger partial charge on any atom is 0.0901 e. The highest BCUT2D eigenvalue weighted by Gasteiger charge is 2.47. The molecule has 0 aromatic heterocycles. The van der Waals surface area contributed by atoms with E-state index in [0.29, 0.717) is 6.54 Å². The number of hydrogen-bond donors (Lipinski definition) is 2. The molecule has 3 N–H and O–H groups in total. The zero-order valence-electron chi connectivity index (χ0n) is 10.3. The lowest BCUT2D eigenvalue weighted by atomic mass is 9.75. The molecule has 2 fully saturated rings. The Morgan fingerprint density at radius 1 is 1.00 bits per heavy atom. The van der Waals surface area contributed by atoms with Gasteiger partial charge in [-0.05, 0) is 36.8 Å². The molecule has 0 bridgehead atoms. The Kier molecular flexibility index (Phi) is 2.53. The highest BCUT2D eigenvalue weighted by Crippen LogP contribution is 2.51. The molecule has 92 valence electrons. The van der Waals surface area contributed by atoms with Crippen LogP contribution in [0.4, 0.5) is 0 Å². The van der Waals surface area contributed by atoms with Crippen LogP contribution >= 0.6 is 0 Å². The van der Waals surface area contributed by atoms with Gasteiger partial charge in [0.05, 0.1) is 5.60 Å². The molecule has 1 aromatic carbocycles. The fraction of sp³-hybridized carbons (Fsp3) is 0.600. The fourth-order valence-electron chi connectivity index (χ4n) is 3.37. The summed E-state index contributed by atoms with van der Waals surface area (Å²) in [5.41, 5.74) is 8.11. The van der Waals surface area contributed by atoms with Crippen molar-refractivity contribution in [3.63, 3.8) is 0 Å². The smallest absolute Gasteiger partial charge is 0.0901 e. The van der Waals surface area contributed by atoms with Gasteiger partial charge in [0.25, 0.3) is 0 Å². The number of hydrogen-bond acceptors (Lipinski definition) is 2. The van der Waals surface area contributed by atoms with Crippen LogP contribution in [0.1, 0.15) is 49.7 Å². The first-order valence-corrected chi connectivity index (χ1v) is 6.73. The topological polar surface area (TPSA) is 46.2 Å². The van der Waals surface area contributed by atoms with Crippen molar-refractivity contribution in [1.29, 1.82) is 0 Å². The summed E-state index contributed by atoms with van der Waals surface area (Å²) >= 11 is 0. The lowest BCUT2D eigenvalue weighted by Crippen LogP contribution is -2.34. The fourth-order valence-corrected chi connectivity index (χ4v) is 3.37. The quantitative estimate of drug-likeness (QED) is 0.839. The highest BCUT2D eigenvalue weighted by atomic mass is 16.3. The van der Waals surface area contributed by atoms with Gasteiger partial charge in [0, 0.05) is 12.0 Å². The monoisotopic (exact) mass is 231 g/mol. The van der Waals surface area contributed by atoms with E-state index in [4.69, 9.17) is 5.73 Å². The molecular weight excluding hydrogens is 210 g/mol. The number of aliphatic hydroxyl groups is 1. The second-order valence-electron chi connectivity index (χ2n) is 5.77. The van der Waals surface area contributed by atoms with E-state index in [1.807, 2.05) is 6.07 Å². The molecule has 0 spiro atoms. The van der Waals surface area contributed by atoms with Crippen LogP contribution in [0, 0.1) is 0 Å². The van der Waals surface area contributed by atoms with Gasteiger partial charge in [0.1, 0.15) is 0 Å². The lowest BCUT2D eigenvalue weighted by Gasteiger charge is -2.31. The molecule has 17 heavy (non-hydrogen) atoms. The molecule has 2 aliphatic carbocycles. The molecule has 1 aromatic rings. The van der Waals surface area contributed by atoms with Gasteiger partial charge in [0.15, 0.2) is 0 Å². The minimum Gasteiger partial charge on any atom is -0.385 e. The number of nitrogens with two attached hydrogens (primary N) is 1. The molecule has 0 atom stereocenters. The van der Waals surface area contributed by atoms with Gasteiger partial charge < -0.3 is 10.8 Å². The van der Waals surface area contributed by atoms with E-state index in [1.54, 1.807) is 0 Å². The average Bonchev–Trinajstić information content (AvgIpc) is 2.95. The Hall–Kier alpha value is -0.860. The molecule has 0 amide bonds. The summed E-state index contributed by atoms with van der Waals surface area (Å²) in [7, 11) is 0. The van der Waals surface area contributed by atoms with Crippen molar-refractivity contribution < 1.29 is 5.11 Å². The first-order valence-electron chi connectivity index (χ1n) is 6.73. The van der Waals surface area contributed by atoms with Gasteiger partial charge in [-0.1, -0.05) is 37.1 Å². The summed E-state index contributed by atoms with van der Waals surface area (Å²) in [6.45, 7) is 0.708. The van der Waals surface area contributed by atoms with Gasteiger partial charge in [-0.15, -0.1) is 0 Å². The van der Waals surface area contributed by atoms with Crippen molar-refractivity contribution in [3.05, 3.63) is 35.4 Å². The summed E-state index contributed by atoms with van der Waals surface area (Å²) in [4.78, 5) is 0. The van der Waals surface area contributed by atoms with Gasteiger partial charge in [-0.2, -0.15) is 0 Å². The van der Waals surface area contributed by atoms with Gasteiger partial charge >= 0.3 is 0 Å². The maximum atomic E-state index is 10.4. The summed E-state index contributed by atoms with van der Waals surface area (Å²) in [5.74, 6) is 0. The standard InChI is InChI=1S/C15H21NO/c16-11-14(7-3-4-8-14)12-5-1-2-6-13(12)15(17)9-10-15/h1-2,5-6,17H,3-4,7-11,16H2. The molecule has 0 unspecified atom stereocenters. The third-order valence-corrected chi connectivity index (χ3v) is 4.67. The van der Waals surface area contributed by atoms with E-state index in [2.05, 4.69) is 18.2 Å². The Labute approximate surface area is 103 Å². The lowest BCUT2D eigenvalue weighted by molar-refractivity contribution is 0.148. The molecule has 2 nitrogen and oxygen atoms in total. The van der Waals surface area contributed by atoms with Crippen molar-refractivity contribution >= 4 is 0 Å². The molecule has 3 rings (SSSR count). The van der Waals surface area contributed by atoms with E-state index in [0.717, 1.165) is 18.4 Å². The van der Waals surface area contributed by atoms with Crippen LogP contribution in [0.25, 0.3) is 0 Å².